The number of nitrogens with zero attached hydrogens (tertiary/aromatic N) is 6. The first-order chi connectivity index (χ1) is 16.1. The maximum atomic E-state index is 12.5. The minimum Gasteiger partial charge on any atom is -0.467 e. The highest BCUT2D eigenvalue weighted by atomic mass is 35.5. The molecule has 164 valence electrons. The average Bonchev–Trinajstić information content (AvgIpc) is 3.51. The Labute approximate surface area is 195 Å². The van der Waals surface area contributed by atoms with Crippen molar-refractivity contribution in [2.45, 2.75) is 0 Å². The van der Waals surface area contributed by atoms with Gasteiger partial charge in [0, 0.05) is 41.1 Å². The van der Waals surface area contributed by atoms with E-state index >= 15 is 0 Å². The van der Waals surface area contributed by atoms with Crippen molar-refractivity contribution >= 4 is 56.4 Å². The number of H-pyrrole nitrogens is 1. The highest BCUT2D eigenvalue weighted by molar-refractivity contribution is 7.10. The topological polar surface area (TPSA) is 143 Å². The molecule has 33 heavy (non-hydrogen) atoms. The third-order valence-corrected chi connectivity index (χ3v) is 5.59. The molecule has 0 saturated heterocycles. The Balaban J connectivity index is 1.32. The molecular weight excluding hydrogens is 466 g/mol. The first kappa shape index (κ1) is 20.7. The zero-order valence-corrected chi connectivity index (χ0v) is 18.5. The van der Waals surface area contributed by atoms with E-state index in [1.54, 1.807) is 18.5 Å². The van der Waals surface area contributed by atoms with Gasteiger partial charge >= 0.3 is 6.01 Å². The van der Waals surface area contributed by atoms with E-state index < -0.39 is 0 Å². The van der Waals surface area contributed by atoms with Crippen LogP contribution in [-0.4, -0.2) is 47.5 Å². The van der Waals surface area contributed by atoms with Crippen molar-refractivity contribution in [3.05, 3.63) is 59.8 Å². The number of amides is 1. The first-order valence-corrected chi connectivity index (χ1v) is 10.6. The number of nitrogens with one attached hydrogen (secondary N) is 3. The molecule has 11 nitrogen and oxygen atoms in total. The summed E-state index contributed by atoms with van der Waals surface area (Å²) in [6, 6.07) is 5.62. The minimum absolute atomic E-state index is 0.181. The van der Waals surface area contributed by atoms with Gasteiger partial charge in [-0.3, -0.25) is 14.9 Å². The number of rotatable bonds is 6. The van der Waals surface area contributed by atoms with Crippen LogP contribution < -0.4 is 15.4 Å². The van der Waals surface area contributed by atoms with Gasteiger partial charge in [-0.25, -0.2) is 9.97 Å². The molecule has 4 heterocycles. The van der Waals surface area contributed by atoms with Crippen molar-refractivity contribution in [1.82, 2.24) is 34.5 Å². The van der Waals surface area contributed by atoms with E-state index in [0.29, 0.717) is 32.9 Å². The monoisotopic (exact) mass is 479 g/mol. The molecule has 1 aromatic carbocycles. The number of carbonyl (C=O) groups is 1. The molecule has 0 aliphatic carbocycles. The maximum absolute atomic E-state index is 12.5. The summed E-state index contributed by atoms with van der Waals surface area (Å²) >= 11 is 7.64. The lowest BCUT2D eigenvalue weighted by Gasteiger charge is -2.06. The molecule has 0 spiro atoms. The Morgan fingerprint density at radius 2 is 2.00 bits per heavy atom. The van der Waals surface area contributed by atoms with Crippen LogP contribution in [0.25, 0.3) is 22.3 Å². The standard InChI is InChI=1S/C20H14ClN9O2S/c1-32-19-23-6-11(7-24-19)18(31)26-12-4-10(5-22-8-12)17-28-20(33-30-17)27-15-3-2-14-13(16(15)21)9-25-29-14/h2-9H,1H3,(H,25,29)(H,26,31)(H,27,28,30). The number of anilines is 3. The minimum atomic E-state index is -0.380. The van der Waals surface area contributed by atoms with Gasteiger partial charge < -0.3 is 15.4 Å². The number of hydrogen-bond donors (Lipinski definition) is 3. The summed E-state index contributed by atoms with van der Waals surface area (Å²) in [4.78, 5) is 29.0. The number of hydrogen-bond acceptors (Lipinski definition) is 10. The Morgan fingerprint density at radius 3 is 2.82 bits per heavy atom. The predicted octanol–water partition coefficient (Wildman–Crippen LogP) is 3.92. The van der Waals surface area contributed by atoms with E-state index in [0.717, 1.165) is 10.9 Å². The van der Waals surface area contributed by atoms with Crippen molar-refractivity contribution in [1.29, 1.82) is 0 Å². The number of aromatic nitrogens is 7. The lowest BCUT2D eigenvalue weighted by atomic mass is 10.2. The molecule has 0 bridgehead atoms. The number of pyridine rings is 1. The van der Waals surface area contributed by atoms with Crippen LogP contribution in [0.3, 0.4) is 0 Å². The van der Waals surface area contributed by atoms with E-state index in [2.05, 4.69) is 45.1 Å². The molecular formula is C20H14ClN9O2S. The average molecular weight is 480 g/mol. The van der Waals surface area contributed by atoms with Crippen LogP contribution in [0.4, 0.5) is 16.5 Å². The quantitative estimate of drug-likeness (QED) is 0.330. The van der Waals surface area contributed by atoms with Gasteiger partial charge in [0.1, 0.15) is 0 Å². The van der Waals surface area contributed by atoms with Crippen LogP contribution in [0.2, 0.25) is 5.02 Å². The number of aromatic amines is 1. The molecule has 5 rings (SSSR count). The highest BCUT2D eigenvalue weighted by Gasteiger charge is 2.13. The second-order valence-electron chi connectivity index (χ2n) is 6.68. The largest absolute Gasteiger partial charge is 0.467 e. The summed E-state index contributed by atoms with van der Waals surface area (Å²) in [7, 11) is 1.45. The third kappa shape index (κ3) is 4.29. The molecule has 0 aliphatic heterocycles. The van der Waals surface area contributed by atoms with E-state index in [1.807, 2.05) is 12.1 Å². The van der Waals surface area contributed by atoms with E-state index in [9.17, 15) is 4.79 Å². The molecule has 3 N–H and O–H groups in total. The molecule has 0 aliphatic rings. The summed E-state index contributed by atoms with van der Waals surface area (Å²) in [5, 5.41) is 14.7. The first-order valence-electron chi connectivity index (χ1n) is 9.46. The van der Waals surface area contributed by atoms with Crippen molar-refractivity contribution in [2.24, 2.45) is 0 Å². The second kappa shape index (κ2) is 8.76. The van der Waals surface area contributed by atoms with Gasteiger partial charge in [-0.1, -0.05) is 11.6 Å². The Hall–Kier alpha value is -4.16. The highest BCUT2D eigenvalue weighted by Crippen LogP contribution is 2.33. The van der Waals surface area contributed by atoms with Crippen molar-refractivity contribution in [3.8, 4) is 17.4 Å². The van der Waals surface area contributed by atoms with Gasteiger partial charge in [0.05, 0.1) is 47.0 Å². The molecule has 0 radical (unpaired) electrons. The van der Waals surface area contributed by atoms with Crippen LogP contribution in [0.5, 0.6) is 6.01 Å². The SMILES string of the molecule is COc1ncc(C(=O)Nc2cncc(-c3nsc(Nc4ccc5[nH]ncc5c4Cl)n3)c2)cn1. The number of carbonyl (C=O) groups excluding carboxylic acids is 1. The van der Waals surface area contributed by atoms with E-state index in [-0.39, 0.29) is 17.5 Å². The van der Waals surface area contributed by atoms with Crippen molar-refractivity contribution in [2.75, 3.05) is 17.7 Å². The molecule has 5 aromatic rings. The summed E-state index contributed by atoms with van der Waals surface area (Å²) < 4.78 is 9.28. The van der Waals surface area contributed by atoms with Crippen LogP contribution >= 0.6 is 23.1 Å². The smallest absolute Gasteiger partial charge is 0.316 e. The number of fused-ring (bicyclic) bond motifs is 1. The fraction of sp³-hybridized carbons (Fsp3) is 0.0500. The van der Waals surface area contributed by atoms with Crippen LogP contribution in [0.15, 0.2) is 49.2 Å². The fourth-order valence-corrected chi connectivity index (χ4v) is 3.82. The summed E-state index contributed by atoms with van der Waals surface area (Å²) in [5.74, 6) is 0.0777. The predicted molar refractivity (Wildman–Crippen MR) is 124 cm³/mol. The number of methoxy groups -OCH3 is 1. The van der Waals surface area contributed by atoms with Crippen LogP contribution in [0.1, 0.15) is 10.4 Å². The second-order valence-corrected chi connectivity index (χ2v) is 7.81. The van der Waals surface area contributed by atoms with Crippen LogP contribution in [0, 0.1) is 0 Å². The van der Waals surface area contributed by atoms with Crippen molar-refractivity contribution in [3.63, 3.8) is 0 Å². The van der Waals surface area contributed by atoms with Gasteiger partial charge in [0.25, 0.3) is 5.91 Å². The molecule has 13 heteroatoms. The molecule has 4 aromatic heterocycles. The Morgan fingerprint density at radius 1 is 1.15 bits per heavy atom. The van der Waals surface area contributed by atoms with Gasteiger partial charge in [-0.05, 0) is 18.2 Å². The summed E-state index contributed by atoms with van der Waals surface area (Å²) in [6.45, 7) is 0. The van der Waals surface area contributed by atoms with Crippen molar-refractivity contribution < 1.29 is 9.53 Å². The zero-order chi connectivity index (χ0) is 22.8. The van der Waals surface area contributed by atoms with E-state index in [4.69, 9.17) is 16.3 Å². The molecule has 1 amide bonds. The zero-order valence-electron chi connectivity index (χ0n) is 16.9. The lowest BCUT2D eigenvalue weighted by molar-refractivity contribution is 0.102. The molecule has 0 saturated carbocycles. The van der Waals surface area contributed by atoms with Gasteiger partial charge in [0.2, 0.25) is 5.13 Å². The number of ether oxygens (including phenoxy) is 1. The Kier molecular flexibility index (Phi) is 5.50. The summed E-state index contributed by atoms with van der Waals surface area (Å²) in [6.07, 6.45) is 7.56. The van der Waals surface area contributed by atoms with E-state index in [1.165, 1.54) is 37.2 Å². The third-order valence-electron chi connectivity index (χ3n) is 4.55. The van der Waals surface area contributed by atoms with Gasteiger partial charge in [-0.15, -0.1) is 0 Å². The molecule has 0 fully saturated rings. The summed E-state index contributed by atoms with van der Waals surface area (Å²) in [5.41, 5.74) is 2.93. The molecule has 0 unspecified atom stereocenters. The maximum Gasteiger partial charge on any atom is 0.316 e. The van der Waals surface area contributed by atoms with Gasteiger partial charge in [0.15, 0.2) is 5.82 Å². The van der Waals surface area contributed by atoms with Gasteiger partial charge in [-0.2, -0.15) is 14.5 Å². The lowest BCUT2D eigenvalue weighted by Crippen LogP contribution is -2.13. The molecule has 0 atom stereocenters. The number of benzene rings is 1. The Bertz CT molecular complexity index is 1450. The number of halogens is 1. The van der Waals surface area contributed by atoms with Crippen LogP contribution in [-0.2, 0) is 0 Å². The normalized spacial score (nSPS) is 10.8. The fourth-order valence-electron chi connectivity index (χ4n) is 2.96.